The first-order chi connectivity index (χ1) is 6.71. The van der Waals surface area contributed by atoms with Crippen molar-refractivity contribution in [2.75, 3.05) is 13.2 Å². The second-order valence-electron chi connectivity index (χ2n) is 3.62. The summed E-state index contributed by atoms with van der Waals surface area (Å²) in [4.78, 5) is -0.591. The van der Waals surface area contributed by atoms with Crippen LogP contribution >= 0.6 is 23.2 Å². The molecular formula is C10H18Cl2O2. The minimum atomic E-state index is -0.725. The Morgan fingerprint density at radius 2 is 1.79 bits per heavy atom. The third-order valence-corrected chi connectivity index (χ3v) is 3.15. The number of alkyl halides is 2. The van der Waals surface area contributed by atoms with Crippen LogP contribution in [0.2, 0.25) is 0 Å². The Hall–Kier alpha value is 0.500. The fraction of sp³-hybridized carbons (Fsp3) is 1.00. The smallest absolute Gasteiger partial charge is 0.198 e. The Balaban J connectivity index is 2.29. The highest BCUT2D eigenvalue weighted by Gasteiger charge is 2.42. The molecule has 4 heteroatoms. The zero-order valence-electron chi connectivity index (χ0n) is 8.60. The van der Waals surface area contributed by atoms with Gasteiger partial charge < -0.3 is 9.47 Å². The Morgan fingerprint density at radius 3 is 2.29 bits per heavy atom. The van der Waals surface area contributed by atoms with E-state index in [1.54, 1.807) is 0 Å². The highest BCUT2D eigenvalue weighted by molar-refractivity contribution is 6.45. The van der Waals surface area contributed by atoms with Crippen LogP contribution in [0, 0.1) is 0 Å². The summed E-state index contributed by atoms with van der Waals surface area (Å²) in [5.41, 5.74) is 0. The number of rotatable bonds is 6. The molecule has 0 amide bonds. The molecule has 0 aromatic carbocycles. The lowest BCUT2D eigenvalue weighted by Gasteiger charge is -2.28. The Labute approximate surface area is 95.9 Å². The van der Waals surface area contributed by atoms with Gasteiger partial charge in [0.25, 0.3) is 0 Å². The summed E-state index contributed by atoms with van der Waals surface area (Å²) in [6.07, 6.45) is 5.51. The Bertz CT molecular complexity index is 156. The van der Waals surface area contributed by atoms with Gasteiger partial charge in [-0.25, -0.2) is 0 Å². The normalized spacial score (nSPS) is 20.6. The second-order valence-corrected chi connectivity index (χ2v) is 4.72. The molecule has 0 N–H and O–H groups in total. The van der Waals surface area contributed by atoms with Crippen LogP contribution in [0.25, 0.3) is 0 Å². The van der Waals surface area contributed by atoms with Crippen molar-refractivity contribution in [2.45, 2.75) is 49.7 Å². The van der Waals surface area contributed by atoms with Gasteiger partial charge in [0, 0.05) is 6.42 Å². The molecule has 0 aliphatic carbocycles. The zero-order valence-corrected chi connectivity index (χ0v) is 10.1. The van der Waals surface area contributed by atoms with Gasteiger partial charge in [0.05, 0.1) is 13.2 Å². The summed E-state index contributed by atoms with van der Waals surface area (Å²) in [6.45, 7) is 3.39. The number of ether oxygens (including phenoxy) is 2. The van der Waals surface area contributed by atoms with Crippen molar-refractivity contribution in [1.29, 1.82) is 0 Å². The van der Waals surface area contributed by atoms with Crippen molar-refractivity contribution in [3.05, 3.63) is 0 Å². The molecule has 1 saturated heterocycles. The fourth-order valence-electron chi connectivity index (χ4n) is 1.65. The van der Waals surface area contributed by atoms with Gasteiger partial charge in [0.2, 0.25) is 0 Å². The third-order valence-electron chi connectivity index (χ3n) is 2.49. The molecule has 0 bridgehead atoms. The van der Waals surface area contributed by atoms with Crippen LogP contribution in [0.5, 0.6) is 0 Å². The van der Waals surface area contributed by atoms with E-state index < -0.39 is 10.6 Å². The molecule has 14 heavy (non-hydrogen) atoms. The average Bonchev–Trinajstić information content (AvgIpc) is 2.62. The van der Waals surface area contributed by atoms with Gasteiger partial charge >= 0.3 is 0 Å². The van der Waals surface area contributed by atoms with E-state index in [9.17, 15) is 0 Å². The van der Waals surface area contributed by atoms with Gasteiger partial charge in [0.1, 0.15) is 0 Å². The van der Waals surface area contributed by atoms with Crippen molar-refractivity contribution in [2.24, 2.45) is 0 Å². The number of hydrogen-bond acceptors (Lipinski definition) is 2. The molecule has 0 aromatic rings. The summed E-state index contributed by atoms with van der Waals surface area (Å²) in [5.74, 6) is -0.725. The molecule has 1 rings (SSSR count). The average molecular weight is 241 g/mol. The van der Waals surface area contributed by atoms with E-state index in [2.05, 4.69) is 6.92 Å². The quantitative estimate of drug-likeness (QED) is 0.523. The van der Waals surface area contributed by atoms with Crippen LogP contribution in [0.15, 0.2) is 0 Å². The molecule has 0 aromatic heterocycles. The van der Waals surface area contributed by atoms with E-state index in [1.807, 2.05) is 0 Å². The predicted octanol–water partition coefficient (Wildman–Crippen LogP) is 3.50. The molecule has 84 valence electrons. The van der Waals surface area contributed by atoms with Gasteiger partial charge in [-0.15, -0.1) is 0 Å². The number of hydrogen-bond donors (Lipinski definition) is 0. The molecule has 1 aliphatic rings. The van der Waals surface area contributed by atoms with Crippen molar-refractivity contribution in [3.63, 3.8) is 0 Å². The first-order valence-corrected chi connectivity index (χ1v) is 6.14. The predicted molar refractivity (Wildman–Crippen MR) is 58.9 cm³/mol. The molecule has 2 nitrogen and oxygen atoms in total. The van der Waals surface area contributed by atoms with E-state index in [0.717, 1.165) is 12.8 Å². The minimum Gasteiger partial charge on any atom is -0.345 e. The van der Waals surface area contributed by atoms with Crippen LogP contribution in [0.4, 0.5) is 0 Å². The van der Waals surface area contributed by atoms with Crippen LogP contribution in [0.3, 0.4) is 0 Å². The van der Waals surface area contributed by atoms with Gasteiger partial charge in [-0.2, -0.15) is 0 Å². The molecule has 1 heterocycles. The van der Waals surface area contributed by atoms with E-state index in [4.69, 9.17) is 32.7 Å². The highest BCUT2D eigenvalue weighted by Crippen LogP contribution is 2.34. The maximum Gasteiger partial charge on any atom is 0.198 e. The molecule has 0 spiro atoms. The van der Waals surface area contributed by atoms with Gasteiger partial charge in [-0.1, -0.05) is 49.4 Å². The lowest BCUT2D eigenvalue weighted by atomic mass is 10.1. The zero-order chi connectivity index (χ0) is 10.4. The summed E-state index contributed by atoms with van der Waals surface area (Å²) in [7, 11) is 0. The largest absolute Gasteiger partial charge is 0.345 e. The Kier molecular flexibility index (Phi) is 5.53. The van der Waals surface area contributed by atoms with Crippen molar-refractivity contribution in [3.8, 4) is 0 Å². The van der Waals surface area contributed by atoms with Crippen LogP contribution in [-0.2, 0) is 9.47 Å². The summed E-state index contributed by atoms with van der Waals surface area (Å²) < 4.78 is 11.0. The first kappa shape index (κ1) is 12.6. The molecule has 0 saturated carbocycles. The van der Waals surface area contributed by atoms with E-state index in [-0.39, 0.29) is 0 Å². The highest BCUT2D eigenvalue weighted by atomic mass is 35.5. The molecule has 1 aliphatic heterocycles. The lowest BCUT2D eigenvalue weighted by molar-refractivity contribution is -0.151. The van der Waals surface area contributed by atoms with Crippen molar-refractivity contribution in [1.82, 2.24) is 0 Å². The first-order valence-electron chi connectivity index (χ1n) is 5.27. The maximum absolute atomic E-state index is 5.87. The molecular weight excluding hydrogens is 223 g/mol. The third kappa shape index (κ3) is 3.27. The molecule has 0 unspecified atom stereocenters. The van der Waals surface area contributed by atoms with Gasteiger partial charge in [-0.3, -0.25) is 0 Å². The standard InChI is InChI=1S/C10H18Cl2O2/c1-2-3-4-5-6-10(9(11)12)13-7-8-14-10/h9H,2-8H2,1H3. The monoisotopic (exact) mass is 240 g/mol. The second kappa shape index (κ2) is 6.16. The van der Waals surface area contributed by atoms with Crippen LogP contribution in [-0.4, -0.2) is 23.8 Å². The summed E-state index contributed by atoms with van der Waals surface area (Å²) in [6, 6.07) is 0. The maximum atomic E-state index is 5.87. The SMILES string of the molecule is CCCCCCC1(C(Cl)Cl)OCCO1. The fourth-order valence-corrected chi connectivity index (χ4v) is 2.12. The number of unbranched alkanes of at least 4 members (excludes halogenated alkanes) is 3. The molecule has 0 radical (unpaired) electrons. The lowest BCUT2D eigenvalue weighted by Crippen LogP contribution is -2.37. The summed E-state index contributed by atoms with van der Waals surface area (Å²) >= 11 is 11.7. The Morgan fingerprint density at radius 1 is 1.14 bits per heavy atom. The topological polar surface area (TPSA) is 18.5 Å². The molecule has 1 fully saturated rings. The van der Waals surface area contributed by atoms with E-state index >= 15 is 0 Å². The van der Waals surface area contributed by atoms with Crippen LogP contribution < -0.4 is 0 Å². The minimum absolute atomic E-state index is 0.591. The van der Waals surface area contributed by atoms with Gasteiger partial charge in [0.15, 0.2) is 10.6 Å². The molecule has 0 atom stereocenters. The summed E-state index contributed by atoms with van der Waals surface area (Å²) in [5, 5.41) is 0. The van der Waals surface area contributed by atoms with Crippen molar-refractivity contribution < 1.29 is 9.47 Å². The van der Waals surface area contributed by atoms with Crippen molar-refractivity contribution >= 4 is 23.2 Å². The number of halogens is 2. The van der Waals surface area contributed by atoms with Crippen LogP contribution in [0.1, 0.15) is 39.0 Å². The van der Waals surface area contributed by atoms with E-state index in [1.165, 1.54) is 19.3 Å². The van der Waals surface area contributed by atoms with Gasteiger partial charge in [-0.05, 0) is 6.42 Å². The van der Waals surface area contributed by atoms with E-state index in [0.29, 0.717) is 13.2 Å².